The Hall–Kier alpha value is -3.58. The summed E-state index contributed by atoms with van der Waals surface area (Å²) in [6.45, 7) is 5.34. The van der Waals surface area contributed by atoms with E-state index in [4.69, 9.17) is 9.72 Å². The Balaban J connectivity index is 1.40. The third-order valence-corrected chi connectivity index (χ3v) is 5.98. The number of carbonyl (C=O) groups excluding carboxylic acids is 1. The zero-order valence-corrected chi connectivity index (χ0v) is 19.5. The van der Waals surface area contributed by atoms with Crippen molar-refractivity contribution in [2.75, 3.05) is 12.4 Å². The lowest BCUT2D eigenvalue weighted by atomic mass is 10.1. The number of hydrogen-bond acceptors (Lipinski definition) is 5. The summed E-state index contributed by atoms with van der Waals surface area (Å²) < 4.78 is 7.58. The quantitative estimate of drug-likeness (QED) is 0.217. The normalized spacial score (nSPS) is 11.2. The van der Waals surface area contributed by atoms with Crippen LogP contribution in [-0.2, 0) is 11.3 Å². The first-order valence-electron chi connectivity index (χ1n) is 10.8. The minimum Gasteiger partial charge on any atom is -0.494 e. The van der Waals surface area contributed by atoms with Crippen molar-refractivity contribution in [1.82, 2.24) is 15.0 Å². The van der Waals surface area contributed by atoms with Gasteiger partial charge in [0.2, 0.25) is 0 Å². The number of rotatable bonds is 9. The number of ether oxygens (including phenoxy) is 1. The van der Waals surface area contributed by atoms with Gasteiger partial charge in [-0.15, -0.1) is 0 Å². The SMILES string of the molecule is CCOc1ccc(C=NNC(=O)CSc2nc3ccccc3n2Cc2ccc(C)cc2)cc1. The Kier molecular flexibility index (Phi) is 7.42. The molecule has 0 spiro atoms. The highest BCUT2D eigenvalue weighted by Crippen LogP contribution is 2.25. The molecule has 6 nitrogen and oxygen atoms in total. The van der Waals surface area contributed by atoms with Gasteiger partial charge in [0.05, 0.1) is 36.2 Å². The number of imidazole rings is 1. The Morgan fingerprint density at radius 1 is 1.09 bits per heavy atom. The van der Waals surface area contributed by atoms with Crippen LogP contribution in [0.4, 0.5) is 0 Å². The third kappa shape index (κ3) is 6.02. The largest absolute Gasteiger partial charge is 0.494 e. The molecule has 4 aromatic rings. The number of fused-ring (bicyclic) bond motifs is 1. The van der Waals surface area contributed by atoms with Crippen LogP contribution in [0.15, 0.2) is 83.1 Å². The third-order valence-electron chi connectivity index (χ3n) is 5.01. The Morgan fingerprint density at radius 2 is 1.85 bits per heavy atom. The smallest absolute Gasteiger partial charge is 0.250 e. The standard InChI is InChI=1S/C26H26N4O2S/c1-3-32-22-14-12-20(13-15-22)16-27-29-25(31)18-33-26-28-23-6-4-5-7-24(23)30(26)17-21-10-8-19(2)9-11-21/h4-16H,3,17-18H2,1-2H3,(H,29,31). The molecular formula is C26H26N4O2S. The number of aromatic nitrogens is 2. The maximum atomic E-state index is 12.4. The highest BCUT2D eigenvalue weighted by atomic mass is 32.2. The molecule has 0 radical (unpaired) electrons. The van der Waals surface area contributed by atoms with Crippen LogP contribution < -0.4 is 10.2 Å². The second-order valence-corrected chi connectivity index (χ2v) is 8.48. The number of amides is 1. The summed E-state index contributed by atoms with van der Waals surface area (Å²) in [5, 5.41) is 4.87. The minimum absolute atomic E-state index is 0.184. The molecule has 4 rings (SSSR count). The number of nitrogens with zero attached hydrogens (tertiary/aromatic N) is 3. The van der Waals surface area contributed by atoms with E-state index in [1.54, 1.807) is 6.21 Å². The molecule has 33 heavy (non-hydrogen) atoms. The number of aryl methyl sites for hydroxylation is 1. The van der Waals surface area contributed by atoms with E-state index in [1.807, 2.05) is 49.4 Å². The van der Waals surface area contributed by atoms with Crippen molar-refractivity contribution in [3.63, 3.8) is 0 Å². The maximum absolute atomic E-state index is 12.4. The van der Waals surface area contributed by atoms with E-state index in [0.29, 0.717) is 13.2 Å². The van der Waals surface area contributed by atoms with Crippen molar-refractivity contribution in [2.24, 2.45) is 5.10 Å². The van der Waals surface area contributed by atoms with E-state index < -0.39 is 0 Å². The molecule has 7 heteroatoms. The molecule has 0 saturated heterocycles. The van der Waals surface area contributed by atoms with Crippen molar-refractivity contribution >= 4 is 34.9 Å². The summed E-state index contributed by atoms with van der Waals surface area (Å²) in [5.41, 5.74) is 7.86. The van der Waals surface area contributed by atoms with E-state index in [2.05, 4.69) is 52.3 Å². The molecule has 1 aromatic heterocycles. The summed E-state index contributed by atoms with van der Waals surface area (Å²) in [6, 6.07) is 24.0. The second-order valence-electron chi connectivity index (χ2n) is 7.54. The fourth-order valence-electron chi connectivity index (χ4n) is 3.35. The number of para-hydroxylation sites is 2. The van der Waals surface area contributed by atoms with E-state index in [-0.39, 0.29) is 11.7 Å². The first-order chi connectivity index (χ1) is 16.1. The molecular weight excluding hydrogens is 432 g/mol. The first-order valence-corrected chi connectivity index (χ1v) is 11.8. The lowest BCUT2D eigenvalue weighted by Crippen LogP contribution is -2.20. The van der Waals surface area contributed by atoms with Gasteiger partial charge in [0.15, 0.2) is 5.16 Å². The van der Waals surface area contributed by atoms with E-state index in [9.17, 15) is 4.79 Å². The van der Waals surface area contributed by atoms with Crippen molar-refractivity contribution in [3.8, 4) is 5.75 Å². The van der Waals surface area contributed by atoms with Crippen molar-refractivity contribution in [1.29, 1.82) is 0 Å². The van der Waals surface area contributed by atoms with Crippen LogP contribution >= 0.6 is 11.8 Å². The molecule has 168 valence electrons. The van der Waals surface area contributed by atoms with Crippen LogP contribution in [0.1, 0.15) is 23.6 Å². The molecule has 0 fully saturated rings. The van der Waals surface area contributed by atoms with E-state index in [0.717, 1.165) is 27.5 Å². The number of hydrazone groups is 1. The highest BCUT2D eigenvalue weighted by molar-refractivity contribution is 7.99. The zero-order chi connectivity index (χ0) is 23.0. The summed E-state index contributed by atoms with van der Waals surface area (Å²) in [6.07, 6.45) is 1.62. The van der Waals surface area contributed by atoms with Crippen LogP contribution in [0.2, 0.25) is 0 Å². The lowest BCUT2D eigenvalue weighted by molar-refractivity contribution is -0.118. The van der Waals surface area contributed by atoms with Gasteiger partial charge in [0, 0.05) is 0 Å². The number of carbonyl (C=O) groups is 1. The number of nitrogens with one attached hydrogen (secondary N) is 1. The van der Waals surface area contributed by atoms with Gasteiger partial charge in [-0.1, -0.05) is 53.7 Å². The second kappa shape index (κ2) is 10.8. The summed E-state index contributed by atoms with van der Waals surface area (Å²) in [7, 11) is 0. The molecule has 0 bridgehead atoms. The lowest BCUT2D eigenvalue weighted by Gasteiger charge is -2.09. The zero-order valence-electron chi connectivity index (χ0n) is 18.7. The Labute approximate surface area is 197 Å². The van der Waals surface area contributed by atoms with E-state index in [1.165, 1.54) is 22.9 Å². The van der Waals surface area contributed by atoms with Crippen LogP contribution in [0, 0.1) is 6.92 Å². The molecule has 0 saturated carbocycles. The molecule has 0 aliphatic carbocycles. The molecule has 1 heterocycles. The molecule has 1 N–H and O–H groups in total. The highest BCUT2D eigenvalue weighted by Gasteiger charge is 2.13. The maximum Gasteiger partial charge on any atom is 0.250 e. The molecule has 0 atom stereocenters. The van der Waals surface area contributed by atoms with E-state index >= 15 is 0 Å². The van der Waals surface area contributed by atoms with Gasteiger partial charge < -0.3 is 9.30 Å². The molecule has 3 aromatic carbocycles. The predicted molar refractivity (Wildman–Crippen MR) is 134 cm³/mol. The number of benzene rings is 3. The summed E-state index contributed by atoms with van der Waals surface area (Å²) >= 11 is 1.41. The van der Waals surface area contributed by atoms with Crippen LogP contribution in [0.3, 0.4) is 0 Å². The Bertz CT molecular complexity index is 1250. The predicted octanol–water partition coefficient (Wildman–Crippen LogP) is 5.03. The van der Waals surface area contributed by atoms with Crippen molar-refractivity contribution in [3.05, 3.63) is 89.5 Å². The number of hydrogen-bond donors (Lipinski definition) is 1. The average Bonchev–Trinajstić information content (AvgIpc) is 3.18. The summed E-state index contributed by atoms with van der Waals surface area (Å²) in [4.78, 5) is 17.1. The fraction of sp³-hybridized carbons (Fsp3) is 0.192. The first kappa shape index (κ1) is 22.6. The average molecular weight is 459 g/mol. The van der Waals surface area contributed by atoms with Gasteiger partial charge in [0.25, 0.3) is 5.91 Å². The van der Waals surface area contributed by atoms with Crippen LogP contribution in [-0.4, -0.2) is 34.0 Å². The topological polar surface area (TPSA) is 68.5 Å². The van der Waals surface area contributed by atoms with Gasteiger partial charge in [0.1, 0.15) is 5.75 Å². The molecule has 1 amide bonds. The number of thioether (sulfide) groups is 1. The molecule has 0 unspecified atom stereocenters. The van der Waals surface area contributed by atoms with Gasteiger partial charge in [-0.3, -0.25) is 4.79 Å². The van der Waals surface area contributed by atoms with Crippen LogP contribution in [0.25, 0.3) is 11.0 Å². The fourth-order valence-corrected chi connectivity index (χ4v) is 4.16. The monoisotopic (exact) mass is 458 g/mol. The van der Waals surface area contributed by atoms with Crippen molar-refractivity contribution < 1.29 is 9.53 Å². The molecule has 0 aliphatic heterocycles. The summed E-state index contributed by atoms with van der Waals surface area (Å²) in [5.74, 6) is 0.845. The molecule has 0 aliphatic rings. The Morgan fingerprint density at radius 3 is 2.61 bits per heavy atom. The van der Waals surface area contributed by atoms with Gasteiger partial charge >= 0.3 is 0 Å². The van der Waals surface area contributed by atoms with Gasteiger partial charge in [-0.25, -0.2) is 10.4 Å². The van der Waals surface area contributed by atoms with Gasteiger partial charge in [-0.2, -0.15) is 5.10 Å². The van der Waals surface area contributed by atoms with Gasteiger partial charge in [-0.05, 0) is 61.4 Å². The minimum atomic E-state index is -0.184. The van der Waals surface area contributed by atoms with Crippen LogP contribution in [0.5, 0.6) is 5.75 Å². The van der Waals surface area contributed by atoms with Crippen molar-refractivity contribution in [2.45, 2.75) is 25.5 Å².